The van der Waals surface area contributed by atoms with Crippen molar-refractivity contribution in [3.8, 4) is 0 Å². The quantitative estimate of drug-likeness (QED) is 0.503. The Balaban J connectivity index is 2.89. The molecule has 0 aromatic carbocycles. The van der Waals surface area contributed by atoms with Crippen LogP contribution in [0.1, 0.15) is 6.42 Å². The minimum atomic E-state index is -4.64. The second kappa shape index (κ2) is 3.40. The van der Waals surface area contributed by atoms with Crippen LogP contribution >= 0.6 is 0 Å². The van der Waals surface area contributed by atoms with E-state index in [1.807, 2.05) is 0 Å². The van der Waals surface area contributed by atoms with Gasteiger partial charge in [0.05, 0.1) is 0 Å². The molecule has 78 valence electrons. The molecule has 0 saturated heterocycles. The molecule has 0 saturated carbocycles. The summed E-state index contributed by atoms with van der Waals surface area (Å²) in [6, 6.07) is 0. The Labute approximate surface area is 77.7 Å². The van der Waals surface area contributed by atoms with E-state index < -0.39 is 30.9 Å². The fourth-order valence-electron chi connectivity index (χ4n) is 1.11. The summed E-state index contributed by atoms with van der Waals surface area (Å²) in [6.07, 6.45) is -3.49. The van der Waals surface area contributed by atoms with Gasteiger partial charge in [0.25, 0.3) is 0 Å². The molecule has 2 nitrogen and oxygen atoms in total. The van der Waals surface area contributed by atoms with Gasteiger partial charge in [0.15, 0.2) is 5.57 Å². The van der Waals surface area contributed by atoms with Gasteiger partial charge in [-0.25, -0.2) is 4.39 Å². The topological polar surface area (TPSA) is 40.5 Å². The second-order valence-corrected chi connectivity index (χ2v) is 3.03. The van der Waals surface area contributed by atoms with Gasteiger partial charge in [0.1, 0.15) is 0 Å². The highest BCUT2D eigenvalue weighted by Crippen LogP contribution is 2.37. The van der Waals surface area contributed by atoms with Crippen molar-refractivity contribution >= 4 is 7.12 Å². The van der Waals surface area contributed by atoms with Gasteiger partial charge in [-0.05, 0) is 6.08 Å². The van der Waals surface area contributed by atoms with Gasteiger partial charge >= 0.3 is 13.3 Å². The van der Waals surface area contributed by atoms with Gasteiger partial charge in [-0.15, -0.1) is 0 Å². The largest absolute Gasteiger partial charge is 0.496 e. The van der Waals surface area contributed by atoms with Crippen LogP contribution in [0.3, 0.4) is 0 Å². The van der Waals surface area contributed by atoms with E-state index in [-0.39, 0.29) is 0 Å². The van der Waals surface area contributed by atoms with E-state index in [9.17, 15) is 17.6 Å². The minimum Gasteiger partial charge on any atom is -0.425 e. The maximum absolute atomic E-state index is 13.3. The number of allylic oxidation sites excluding steroid dienone is 4. The number of rotatable bonds is 1. The van der Waals surface area contributed by atoms with Crippen molar-refractivity contribution in [2.45, 2.75) is 18.2 Å². The van der Waals surface area contributed by atoms with Gasteiger partial charge in [-0.1, -0.05) is 12.2 Å². The maximum atomic E-state index is 13.3. The van der Waals surface area contributed by atoms with Crippen molar-refractivity contribution in [1.29, 1.82) is 0 Å². The smallest absolute Gasteiger partial charge is 0.425 e. The first-order valence-electron chi connectivity index (χ1n) is 3.76. The average molecular weight is 210 g/mol. The van der Waals surface area contributed by atoms with Crippen LogP contribution in [0.2, 0.25) is 0 Å². The van der Waals surface area contributed by atoms with E-state index in [0.717, 1.165) is 6.08 Å². The average Bonchev–Trinajstić information content (AvgIpc) is 2.02. The second-order valence-electron chi connectivity index (χ2n) is 3.03. The molecule has 0 aromatic rings. The van der Waals surface area contributed by atoms with Crippen LogP contribution in [0.15, 0.2) is 23.8 Å². The van der Waals surface area contributed by atoms with Crippen molar-refractivity contribution in [3.63, 3.8) is 0 Å². The summed E-state index contributed by atoms with van der Waals surface area (Å²) in [4.78, 5) is 0. The highest BCUT2D eigenvalue weighted by Gasteiger charge is 2.47. The van der Waals surface area contributed by atoms with Crippen molar-refractivity contribution < 1.29 is 27.6 Å². The minimum absolute atomic E-state index is 0.701. The lowest BCUT2D eigenvalue weighted by atomic mass is 9.65. The van der Waals surface area contributed by atoms with Gasteiger partial charge in [-0.2, -0.15) is 13.2 Å². The Hall–Kier alpha value is -0.815. The van der Waals surface area contributed by atoms with Crippen molar-refractivity contribution in [1.82, 2.24) is 0 Å². The predicted octanol–water partition coefficient (Wildman–Crippen LogP) is 1.16. The molecule has 0 spiro atoms. The third-order valence-electron chi connectivity index (χ3n) is 1.93. The highest BCUT2D eigenvalue weighted by molar-refractivity contribution is 6.46. The number of alkyl halides is 4. The lowest BCUT2D eigenvalue weighted by molar-refractivity contribution is -0.0964. The molecule has 1 atom stereocenters. The Bertz CT molecular complexity index is 284. The lowest BCUT2D eigenvalue weighted by Gasteiger charge is -2.25. The molecule has 0 aromatic heterocycles. The van der Waals surface area contributed by atoms with E-state index in [1.54, 1.807) is 0 Å². The van der Waals surface area contributed by atoms with E-state index in [4.69, 9.17) is 10.0 Å². The van der Waals surface area contributed by atoms with Crippen molar-refractivity contribution in [3.05, 3.63) is 23.8 Å². The number of hydrogen-bond donors (Lipinski definition) is 2. The zero-order valence-corrected chi connectivity index (χ0v) is 6.92. The summed E-state index contributed by atoms with van der Waals surface area (Å²) in [6.45, 7) is 0. The molecule has 1 rings (SSSR count). The summed E-state index contributed by atoms with van der Waals surface area (Å²) < 4.78 is 49.7. The zero-order valence-electron chi connectivity index (χ0n) is 6.92. The molecule has 0 heterocycles. The number of hydrogen-bond acceptors (Lipinski definition) is 2. The highest BCUT2D eigenvalue weighted by atomic mass is 19.4. The third kappa shape index (κ3) is 2.16. The molecular formula is C7H7BF4O2. The molecule has 2 N–H and O–H groups in total. The monoisotopic (exact) mass is 210 g/mol. The van der Waals surface area contributed by atoms with Gasteiger partial charge in [0.2, 0.25) is 0 Å². The standard InChI is InChI=1S/C7H7BF4O2/c9-6(8(13)14)3-1-2-5(4-6)7(10,11)12/h1-3,13-14H,4H2. The molecule has 0 radical (unpaired) electrons. The fourth-order valence-corrected chi connectivity index (χ4v) is 1.11. The molecule has 7 heteroatoms. The maximum Gasteiger partial charge on any atom is 0.496 e. The first kappa shape index (κ1) is 11.3. The molecule has 1 unspecified atom stereocenters. The molecule has 0 aliphatic heterocycles. The van der Waals surface area contributed by atoms with Crippen LogP contribution in [-0.4, -0.2) is 28.9 Å². The van der Waals surface area contributed by atoms with Crippen LogP contribution in [0.5, 0.6) is 0 Å². The molecule has 14 heavy (non-hydrogen) atoms. The van der Waals surface area contributed by atoms with E-state index >= 15 is 0 Å². The summed E-state index contributed by atoms with van der Waals surface area (Å²) in [5.41, 5.74) is -3.87. The summed E-state index contributed by atoms with van der Waals surface area (Å²) in [5.74, 6) is 0. The summed E-state index contributed by atoms with van der Waals surface area (Å²) in [5, 5.41) is 17.1. The third-order valence-corrected chi connectivity index (χ3v) is 1.93. The molecule has 0 amide bonds. The van der Waals surface area contributed by atoms with Crippen LogP contribution in [-0.2, 0) is 0 Å². The first-order valence-corrected chi connectivity index (χ1v) is 3.76. The summed E-state index contributed by atoms with van der Waals surface area (Å²) in [7, 11) is -2.45. The normalized spacial score (nSPS) is 27.4. The Morgan fingerprint density at radius 1 is 1.36 bits per heavy atom. The van der Waals surface area contributed by atoms with E-state index in [2.05, 4.69) is 0 Å². The number of halogens is 4. The molecule has 0 bridgehead atoms. The van der Waals surface area contributed by atoms with Crippen LogP contribution in [0.25, 0.3) is 0 Å². The summed E-state index contributed by atoms with van der Waals surface area (Å²) >= 11 is 0. The molecule has 1 aliphatic carbocycles. The lowest BCUT2D eigenvalue weighted by Crippen LogP contribution is -2.43. The van der Waals surface area contributed by atoms with E-state index in [0.29, 0.717) is 12.2 Å². The van der Waals surface area contributed by atoms with Crippen LogP contribution in [0.4, 0.5) is 17.6 Å². The SMILES string of the molecule is OB(O)C1(F)C=CC=C(C(F)(F)F)C1. The zero-order chi connectivity index (χ0) is 11.0. The van der Waals surface area contributed by atoms with Crippen LogP contribution in [0, 0.1) is 0 Å². The van der Waals surface area contributed by atoms with Crippen molar-refractivity contribution in [2.75, 3.05) is 0 Å². The van der Waals surface area contributed by atoms with E-state index in [1.165, 1.54) is 0 Å². The first-order chi connectivity index (χ1) is 6.26. The molecule has 0 fully saturated rings. The van der Waals surface area contributed by atoms with Gasteiger partial charge in [-0.3, -0.25) is 0 Å². The van der Waals surface area contributed by atoms with Gasteiger partial charge < -0.3 is 10.0 Å². The predicted molar refractivity (Wildman–Crippen MR) is 41.9 cm³/mol. The molecule has 1 aliphatic rings. The Kier molecular flexibility index (Phi) is 2.73. The fraction of sp³-hybridized carbons (Fsp3) is 0.429. The molecular weight excluding hydrogens is 203 g/mol. The Morgan fingerprint density at radius 2 is 1.93 bits per heavy atom. The van der Waals surface area contributed by atoms with Gasteiger partial charge in [0, 0.05) is 12.0 Å². The van der Waals surface area contributed by atoms with Crippen LogP contribution < -0.4 is 0 Å². The Morgan fingerprint density at radius 3 is 2.36 bits per heavy atom. The van der Waals surface area contributed by atoms with Crippen molar-refractivity contribution in [2.24, 2.45) is 0 Å².